The van der Waals surface area contributed by atoms with Crippen molar-refractivity contribution >= 4 is 16.8 Å². The average Bonchev–Trinajstić information content (AvgIpc) is 2.81. The number of benzene rings is 1. The SMILES string of the molecule is c1ccc2c(NCC3CCCOC3)noc2c1. The fourth-order valence-electron chi connectivity index (χ4n) is 2.22. The molecular formula is C13H16N2O2. The molecule has 2 heterocycles. The molecule has 0 amide bonds. The van der Waals surface area contributed by atoms with Crippen LogP contribution in [0.5, 0.6) is 0 Å². The van der Waals surface area contributed by atoms with Gasteiger partial charge in [-0.15, -0.1) is 0 Å². The minimum Gasteiger partial charge on any atom is -0.381 e. The first-order valence-electron chi connectivity index (χ1n) is 6.09. The van der Waals surface area contributed by atoms with E-state index in [1.165, 1.54) is 6.42 Å². The molecule has 2 aromatic rings. The molecule has 90 valence electrons. The fraction of sp³-hybridized carbons (Fsp3) is 0.462. The number of para-hydroxylation sites is 1. The summed E-state index contributed by atoms with van der Waals surface area (Å²) in [6.07, 6.45) is 2.38. The second-order valence-electron chi connectivity index (χ2n) is 4.49. The molecule has 0 spiro atoms. The molecule has 4 nitrogen and oxygen atoms in total. The van der Waals surface area contributed by atoms with Crippen LogP contribution in [0.15, 0.2) is 28.8 Å². The van der Waals surface area contributed by atoms with Crippen molar-refractivity contribution in [1.29, 1.82) is 0 Å². The highest BCUT2D eigenvalue weighted by Gasteiger charge is 2.15. The van der Waals surface area contributed by atoms with E-state index in [-0.39, 0.29) is 0 Å². The highest BCUT2D eigenvalue weighted by molar-refractivity contribution is 5.87. The van der Waals surface area contributed by atoms with Crippen molar-refractivity contribution in [2.75, 3.05) is 25.1 Å². The van der Waals surface area contributed by atoms with Crippen LogP contribution < -0.4 is 5.32 Å². The first-order valence-corrected chi connectivity index (χ1v) is 6.09. The average molecular weight is 232 g/mol. The Balaban J connectivity index is 1.68. The molecule has 3 rings (SSSR count). The molecule has 1 N–H and O–H groups in total. The number of nitrogens with zero attached hydrogens (tertiary/aromatic N) is 1. The summed E-state index contributed by atoms with van der Waals surface area (Å²) in [5.41, 5.74) is 0.829. The highest BCUT2D eigenvalue weighted by atomic mass is 16.5. The van der Waals surface area contributed by atoms with Gasteiger partial charge in [-0.1, -0.05) is 17.3 Å². The Morgan fingerprint density at radius 2 is 2.29 bits per heavy atom. The molecule has 0 saturated carbocycles. The van der Waals surface area contributed by atoms with Crippen molar-refractivity contribution in [2.24, 2.45) is 5.92 Å². The summed E-state index contributed by atoms with van der Waals surface area (Å²) in [6.45, 7) is 2.66. The number of aromatic nitrogens is 1. The van der Waals surface area contributed by atoms with Gasteiger partial charge in [-0.3, -0.25) is 0 Å². The van der Waals surface area contributed by atoms with Gasteiger partial charge in [-0.05, 0) is 30.9 Å². The lowest BCUT2D eigenvalue weighted by Gasteiger charge is -2.21. The van der Waals surface area contributed by atoms with Gasteiger partial charge in [0.2, 0.25) is 0 Å². The van der Waals surface area contributed by atoms with Gasteiger partial charge in [-0.2, -0.15) is 0 Å². The Morgan fingerprint density at radius 3 is 3.18 bits per heavy atom. The Kier molecular flexibility index (Phi) is 2.96. The molecule has 0 aliphatic carbocycles. The van der Waals surface area contributed by atoms with E-state index < -0.39 is 0 Å². The van der Waals surface area contributed by atoms with Crippen molar-refractivity contribution in [2.45, 2.75) is 12.8 Å². The summed E-state index contributed by atoms with van der Waals surface area (Å²) >= 11 is 0. The number of hydrogen-bond acceptors (Lipinski definition) is 4. The van der Waals surface area contributed by atoms with E-state index in [1.807, 2.05) is 24.3 Å². The van der Waals surface area contributed by atoms with E-state index in [2.05, 4.69) is 10.5 Å². The standard InChI is InChI=1S/C13H16N2O2/c1-2-6-12-11(5-1)13(15-17-12)14-8-10-4-3-7-16-9-10/h1-2,5-6,10H,3-4,7-9H2,(H,14,15). The first kappa shape index (κ1) is 10.6. The number of rotatable bonds is 3. The molecule has 0 bridgehead atoms. The molecular weight excluding hydrogens is 216 g/mol. The molecule has 1 aromatic carbocycles. The first-order chi connectivity index (χ1) is 8.43. The van der Waals surface area contributed by atoms with E-state index in [4.69, 9.17) is 9.26 Å². The molecule has 1 fully saturated rings. The minimum atomic E-state index is 0.583. The van der Waals surface area contributed by atoms with E-state index >= 15 is 0 Å². The lowest BCUT2D eigenvalue weighted by atomic mass is 10.0. The molecule has 1 aliphatic rings. The van der Waals surface area contributed by atoms with Crippen LogP contribution in [0.2, 0.25) is 0 Å². The fourth-order valence-corrected chi connectivity index (χ4v) is 2.22. The van der Waals surface area contributed by atoms with Crippen molar-refractivity contribution in [3.05, 3.63) is 24.3 Å². The third-order valence-corrected chi connectivity index (χ3v) is 3.19. The van der Waals surface area contributed by atoms with Gasteiger partial charge in [0.15, 0.2) is 11.4 Å². The predicted octanol–water partition coefficient (Wildman–Crippen LogP) is 2.67. The van der Waals surface area contributed by atoms with Crippen LogP contribution in [-0.2, 0) is 4.74 Å². The summed E-state index contributed by atoms with van der Waals surface area (Å²) < 4.78 is 10.7. The molecule has 4 heteroatoms. The van der Waals surface area contributed by atoms with Gasteiger partial charge < -0.3 is 14.6 Å². The topological polar surface area (TPSA) is 47.3 Å². The maximum Gasteiger partial charge on any atom is 0.177 e. The smallest absolute Gasteiger partial charge is 0.177 e. The third-order valence-electron chi connectivity index (χ3n) is 3.19. The summed E-state index contributed by atoms with van der Waals surface area (Å²) in [4.78, 5) is 0. The second-order valence-corrected chi connectivity index (χ2v) is 4.49. The third kappa shape index (κ3) is 2.26. The number of ether oxygens (including phenoxy) is 1. The zero-order chi connectivity index (χ0) is 11.5. The molecule has 1 aliphatic heterocycles. The van der Waals surface area contributed by atoms with Crippen molar-refractivity contribution in [3.63, 3.8) is 0 Å². The van der Waals surface area contributed by atoms with Crippen LogP contribution in [0.25, 0.3) is 11.0 Å². The van der Waals surface area contributed by atoms with Gasteiger partial charge in [0, 0.05) is 13.2 Å². The maximum absolute atomic E-state index is 5.46. The van der Waals surface area contributed by atoms with E-state index in [9.17, 15) is 0 Å². The lowest BCUT2D eigenvalue weighted by Crippen LogP contribution is -2.24. The van der Waals surface area contributed by atoms with Crippen molar-refractivity contribution in [3.8, 4) is 0 Å². The van der Waals surface area contributed by atoms with Gasteiger partial charge >= 0.3 is 0 Å². The zero-order valence-electron chi connectivity index (χ0n) is 9.69. The van der Waals surface area contributed by atoms with Crippen LogP contribution in [0.4, 0.5) is 5.82 Å². The van der Waals surface area contributed by atoms with Gasteiger partial charge in [0.05, 0.1) is 12.0 Å². The maximum atomic E-state index is 5.46. The van der Waals surface area contributed by atoms with E-state index in [0.717, 1.165) is 43.0 Å². The Bertz CT molecular complexity index is 489. The Labute approximate surface area is 99.9 Å². The summed E-state index contributed by atoms with van der Waals surface area (Å²) in [5, 5.41) is 8.45. The predicted molar refractivity (Wildman–Crippen MR) is 66.0 cm³/mol. The van der Waals surface area contributed by atoms with Crippen molar-refractivity contribution < 1.29 is 9.26 Å². The lowest BCUT2D eigenvalue weighted by molar-refractivity contribution is 0.0594. The zero-order valence-corrected chi connectivity index (χ0v) is 9.69. The summed E-state index contributed by atoms with van der Waals surface area (Å²) in [7, 11) is 0. The van der Waals surface area contributed by atoms with Gasteiger partial charge in [0.25, 0.3) is 0 Å². The second kappa shape index (κ2) is 4.75. The van der Waals surface area contributed by atoms with E-state index in [0.29, 0.717) is 5.92 Å². The largest absolute Gasteiger partial charge is 0.381 e. The number of fused-ring (bicyclic) bond motifs is 1. The number of anilines is 1. The normalized spacial score (nSPS) is 20.6. The summed E-state index contributed by atoms with van der Waals surface area (Å²) in [5.74, 6) is 1.42. The Morgan fingerprint density at radius 1 is 1.35 bits per heavy atom. The number of hydrogen-bond donors (Lipinski definition) is 1. The van der Waals surface area contributed by atoms with E-state index in [1.54, 1.807) is 0 Å². The molecule has 1 atom stereocenters. The van der Waals surface area contributed by atoms with Crippen LogP contribution in [0, 0.1) is 5.92 Å². The minimum absolute atomic E-state index is 0.583. The van der Waals surface area contributed by atoms with Gasteiger partial charge in [-0.25, -0.2) is 0 Å². The molecule has 1 saturated heterocycles. The molecule has 1 aromatic heterocycles. The number of nitrogens with one attached hydrogen (secondary N) is 1. The molecule has 17 heavy (non-hydrogen) atoms. The Hall–Kier alpha value is -1.55. The molecule has 1 unspecified atom stereocenters. The van der Waals surface area contributed by atoms with Crippen molar-refractivity contribution in [1.82, 2.24) is 5.16 Å². The van der Waals surface area contributed by atoms with Crippen LogP contribution in [0.3, 0.4) is 0 Å². The van der Waals surface area contributed by atoms with Crippen LogP contribution in [0.1, 0.15) is 12.8 Å². The monoisotopic (exact) mass is 232 g/mol. The molecule has 0 radical (unpaired) electrons. The van der Waals surface area contributed by atoms with Crippen LogP contribution in [-0.4, -0.2) is 24.9 Å². The summed E-state index contributed by atoms with van der Waals surface area (Å²) in [6, 6.07) is 7.89. The van der Waals surface area contributed by atoms with Crippen LogP contribution >= 0.6 is 0 Å². The van der Waals surface area contributed by atoms with Gasteiger partial charge in [0.1, 0.15) is 0 Å². The quantitative estimate of drug-likeness (QED) is 0.883. The highest BCUT2D eigenvalue weighted by Crippen LogP contribution is 2.23.